The van der Waals surface area contributed by atoms with E-state index in [0.29, 0.717) is 0 Å². The minimum atomic E-state index is -1.22. The van der Waals surface area contributed by atoms with E-state index < -0.39 is 12.1 Å². The summed E-state index contributed by atoms with van der Waals surface area (Å²) in [6, 6.07) is 3.04. The fourth-order valence-electron chi connectivity index (χ4n) is 0.687. The molecule has 1 aromatic rings. The van der Waals surface area contributed by atoms with Crippen LogP contribution in [0.3, 0.4) is 0 Å². The molecule has 0 aliphatic rings. The van der Waals surface area contributed by atoms with Crippen LogP contribution >= 0.6 is 0 Å². The first kappa shape index (κ1) is 7.77. The highest BCUT2D eigenvalue weighted by molar-refractivity contribution is 5.73. The van der Waals surface area contributed by atoms with Crippen molar-refractivity contribution in [3.05, 3.63) is 24.2 Å². The highest BCUT2D eigenvalue weighted by atomic mass is 16.6. The van der Waals surface area contributed by atoms with E-state index in [4.69, 9.17) is 15.4 Å². The van der Waals surface area contributed by atoms with Crippen LogP contribution in [0.4, 0.5) is 0 Å². The molecule has 1 rings (SSSR count). The molecule has 0 radical (unpaired) electrons. The maximum Gasteiger partial charge on any atom is 0.342 e. The van der Waals surface area contributed by atoms with Crippen LogP contribution in [0.2, 0.25) is 0 Å². The van der Waals surface area contributed by atoms with Crippen LogP contribution in [-0.2, 0) is 9.63 Å². The van der Waals surface area contributed by atoms with Crippen molar-refractivity contribution in [2.75, 3.05) is 0 Å². The van der Waals surface area contributed by atoms with E-state index in [2.05, 4.69) is 4.84 Å². The topological polar surface area (TPSA) is 85.7 Å². The normalized spacial score (nSPS) is 12.8. The van der Waals surface area contributed by atoms with Gasteiger partial charge >= 0.3 is 5.97 Å². The number of furan rings is 1. The summed E-state index contributed by atoms with van der Waals surface area (Å²) in [7, 11) is 0. The fraction of sp³-hybridized carbons (Fsp3) is 0.167. The Labute approximate surface area is 62.3 Å². The molecule has 1 unspecified atom stereocenters. The van der Waals surface area contributed by atoms with Gasteiger partial charge in [-0.15, -0.1) is 0 Å². The Kier molecular flexibility index (Phi) is 2.25. The molecule has 1 aromatic heterocycles. The quantitative estimate of drug-likeness (QED) is 0.616. The van der Waals surface area contributed by atoms with Crippen LogP contribution in [-0.4, -0.2) is 11.1 Å². The summed E-state index contributed by atoms with van der Waals surface area (Å²) in [4.78, 5) is 14.5. The zero-order valence-electron chi connectivity index (χ0n) is 5.56. The largest absolute Gasteiger partial charge is 0.479 e. The molecule has 5 heteroatoms. The number of rotatable bonds is 3. The van der Waals surface area contributed by atoms with E-state index in [9.17, 15) is 4.79 Å². The van der Waals surface area contributed by atoms with Crippen molar-refractivity contribution < 1.29 is 19.2 Å². The second kappa shape index (κ2) is 3.18. The average molecular weight is 157 g/mol. The Hall–Kier alpha value is -1.33. The van der Waals surface area contributed by atoms with Crippen LogP contribution in [0.25, 0.3) is 0 Å². The van der Waals surface area contributed by atoms with Crippen LogP contribution in [0.15, 0.2) is 22.8 Å². The van der Waals surface area contributed by atoms with E-state index in [0.717, 1.165) is 0 Å². The Morgan fingerprint density at radius 3 is 2.91 bits per heavy atom. The van der Waals surface area contributed by atoms with Crippen LogP contribution in [0.1, 0.15) is 11.9 Å². The predicted octanol–water partition coefficient (Wildman–Crippen LogP) is 0.296. The maximum atomic E-state index is 10.4. The van der Waals surface area contributed by atoms with E-state index in [-0.39, 0.29) is 5.76 Å². The zero-order valence-corrected chi connectivity index (χ0v) is 5.56. The molecule has 0 spiro atoms. The number of hydrogen-bond acceptors (Lipinski definition) is 4. The van der Waals surface area contributed by atoms with Crippen LogP contribution < -0.4 is 5.90 Å². The minimum absolute atomic E-state index is 0.181. The first-order valence-electron chi connectivity index (χ1n) is 2.87. The monoisotopic (exact) mass is 157 g/mol. The summed E-state index contributed by atoms with van der Waals surface area (Å²) < 4.78 is 4.76. The molecule has 1 atom stereocenters. The van der Waals surface area contributed by atoms with Crippen molar-refractivity contribution in [3.8, 4) is 0 Å². The fourth-order valence-corrected chi connectivity index (χ4v) is 0.687. The Balaban J connectivity index is 2.79. The molecule has 0 fully saturated rings. The summed E-state index contributed by atoms with van der Waals surface area (Å²) >= 11 is 0. The molecule has 0 amide bonds. The lowest BCUT2D eigenvalue weighted by molar-refractivity contribution is -0.152. The van der Waals surface area contributed by atoms with Crippen molar-refractivity contribution in [1.29, 1.82) is 0 Å². The van der Waals surface area contributed by atoms with Crippen molar-refractivity contribution in [2.45, 2.75) is 6.10 Å². The molecule has 60 valence electrons. The average Bonchev–Trinajstić information content (AvgIpc) is 2.40. The number of carboxylic acids is 1. The van der Waals surface area contributed by atoms with Gasteiger partial charge in [0, 0.05) is 0 Å². The highest BCUT2D eigenvalue weighted by Gasteiger charge is 2.22. The van der Waals surface area contributed by atoms with E-state index in [1.165, 1.54) is 12.3 Å². The van der Waals surface area contributed by atoms with Gasteiger partial charge in [-0.05, 0) is 12.1 Å². The molecule has 0 aromatic carbocycles. The summed E-state index contributed by atoms with van der Waals surface area (Å²) in [5.74, 6) is 3.73. The summed E-state index contributed by atoms with van der Waals surface area (Å²) in [5.41, 5.74) is 0. The summed E-state index contributed by atoms with van der Waals surface area (Å²) in [5, 5.41) is 8.48. The third kappa shape index (κ3) is 1.57. The van der Waals surface area contributed by atoms with E-state index in [1.807, 2.05) is 0 Å². The molecule has 0 saturated carbocycles. The van der Waals surface area contributed by atoms with Gasteiger partial charge in [0.1, 0.15) is 5.76 Å². The molecular weight excluding hydrogens is 150 g/mol. The second-order valence-corrected chi connectivity index (χ2v) is 1.87. The highest BCUT2D eigenvalue weighted by Crippen LogP contribution is 2.15. The first-order valence-corrected chi connectivity index (χ1v) is 2.87. The van der Waals surface area contributed by atoms with Crippen molar-refractivity contribution >= 4 is 5.97 Å². The molecule has 1 heterocycles. The van der Waals surface area contributed by atoms with Gasteiger partial charge in [-0.2, -0.15) is 0 Å². The van der Waals surface area contributed by atoms with Crippen molar-refractivity contribution in [1.82, 2.24) is 0 Å². The van der Waals surface area contributed by atoms with E-state index in [1.54, 1.807) is 6.07 Å². The molecule has 0 aliphatic carbocycles. The lowest BCUT2D eigenvalue weighted by Crippen LogP contribution is -2.17. The minimum Gasteiger partial charge on any atom is -0.479 e. The van der Waals surface area contributed by atoms with Gasteiger partial charge in [0.15, 0.2) is 0 Å². The molecule has 0 saturated heterocycles. The third-order valence-corrected chi connectivity index (χ3v) is 1.16. The van der Waals surface area contributed by atoms with Crippen LogP contribution in [0.5, 0.6) is 0 Å². The molecule has 5 nitrogen and oxygen atoms in total. The lowest BCUT2D eigenvalue weighted by Gasteiger charge is -2.04. The third-order valence-electron chi connectivity index (χ3n) is 1.16. The van der Waals surface area contributed by atoms with Crippen molar-refractivity contribution in [2.24, 2.45) is 5.90 Å². The van der Waals surface area contributed by atoms with Gasteiger partial charge < -0.3 is 9.52 Å². The smallest absolute Gasteiger partial charge is 0.342 e. The maximum absolute atomic E-state index is 10.4. The zero-order chi connectivity index (χ0) is 8.27. The summed E-state index contributed by atoms with van der Waals surface area (Å²) in [6.07, 6.45) is 0.134. The number of hydrogen-bond donors (Lipinski definition) is 2. The first-order chi connectivity index (χ1) is 5.25. The molecule has 0 bridgehead atoms. The van der Waals surface area contributed by atoms with Gasteiger partial charge in [-0.3, -0.25) is 4.84 Å². The SMILES string of the molecule is NOC(C(=O)O)c1ccco1. The van der Waals surface area contributed by atoms with Gasteiger partial charge in [0.25, 0.3) is 0 Å². The molecule has 11 heavy (non-hydrogen) atoms. The van der Waals surface area contributed by atoms with Gasteiger partial charge in [-0.25, -0.2) is 10.7 Å². The van der Waals surface area contributed by atoms with Gasteiger partial charge in [-0.1, -0.05) is 0 Å². The van der Waals surface area contributed by atoms with Gasteiger partial charge in [0.2, 0.25) is 6.10 Å². The molecule has 0 aliphatic heterocycles. The van der Waals surface area contributed by atoms with Gasteiger partial charge in [0.05, 0.1) is 6.26 Å². The van der Waals surface area contributed by atoms with Crippen molar-refractivity contribution in [3.63, 3.8) is 0 Å². The number of carbonyl (C=O) groups is 1. The Bertz CT molecular complexity index is 231. The second-order valence-electron chi connectivity index (χ2n) is 1.87. The Morgan fingerprint density at radius 2 is 2.55 bits per heavy atom. The van der Waals surface area contributed by atoms with Crippen LogP contribution in [0, 0.1) is 0 Å². The Morgan fingerprint density at radius 1 is 1.82 bits per heavy atom. The number of aliphatic carboxylic acids is 1. The molecular formula is C6H7NO4. The van der Waals surface area contributed by atoms with E-state index >= 15 is 0 Å². The number of carboxylic acid groups (broad SMARTS) is 1. The predicted molar refractivity (Wildman–Crippen MR) is 34.4 cm³/mol. The lowest BCUT2D eigenvalue weighted by atomic mass is 10.3. The number of nitrogens with two attached hydrogens (primary N) is 1. The standard InChI is InChI=1S/C6H7NO4/c7-11-5(6(8)9)4-2-1-3-10-4/h1-3,5H,7H2,(H,8,9). The molecule has 3 N–H and O–H groups in total. The summed E-state index contributed by atoms with van der Waals surface area (Å²) in [6.45, 7) is 0.